The molecule has 3 rings (SSSR count). The number of Topliss-reactive ketones (excluding diaryl/α,β-unsaturated/α-hetero) is 1. The highest BCUT2D eigenvalue weighted by molar-refractivity contribution is 5.95. The van der Waals surface area contributed by atoms with E-state index in [-0.39, 0.29) is 5.78 Å². The van der Waals surface area contributed by atoms with Crippen molar-refractivity contribution < 1.29 is 22.8 Å². The Hall–Kier alpha value is -2.83. The van der Waals surface area contributed by atoms with Crippen LogP contribution in [0.4, 0.5) is 18.9 Å². The third-order valence-electron chi connectivity index (χ3n) is 4.47. The number of piperazine rings is 1. The van der Waals surface area contributed by atoms with E-state index in [4.69, 9.17) is 0 Å². The lowest BCUT2D eigenvalue weighted by atomic mass is 10.1. The van der Waals surface area contributed by atoms with Crippen molar-refractivity contribution in [3.05, 3.63) is 65.0 Å². The summed E-state index contributed by atoms with van der Waals surface area (Å²) in [6, 6.07) is 8.87. The van der Waals surface area contributed by atoms with Gasteiger partial charge in [0.25, 0.3) is 5.91 Å². The van der Waals surface area contributed by atoms with Crippen LogP contribution in [0.15, 0.2) is 36.4 Å². The number of carbonyl (C=O) groups is 2. The van der Waals surface area contributed by atoms with Crippen molar-refractivity contribution in [1.82, 2.24) is 4.90 Å². The smallest absolute Gasteiger partial charge is 0.257 e. The van der Waals surface area contributed by atoms with Crippen molar-refractivity contribution in [3.63, 3.8) is 0 Å². The maximum atomic E-state index is 13.8. The summed E-state index contributed by atoms with van der Waals surface area (Å²) in [4.78, 5) is 27.2. The van der Waals surface area contributed by atoms with Gasteiger partial charge in [0, 0.05) is 37.4 Å². The molecule has 1 amide bonds. The normalized spacial score (nSPS) is 14.5. The van der Waals surface area contributed by atoms with Gasteiger partial charge in [-0.25, -0.2) is 13.2 Å². The van der Waals surface area contributed by atoms with Crippen LogP contribution in [-0.4, -0.2) is 42.8 Å². The van der Waals surface area contributed by atoms with Gasteiger partial charge in [0.15, 0.2) is 23.2 Å². The zero-order valence-corrected chi connectivity index (χ0v) is 14.1. The number of nitrogens with zero attached hydrogens (tertiary/aromatic N) is 2. The second kappa shape index (κ2) is 7.19. The maximum absolute atomic E-state index is 13.8. The lowest BCUT2D eigenvalue weighted by molar-refractivity contribution is 0.0740. The van der Waals surface area contributed by atoms with Crippen LogP contribution in [0.25, 0.3) is 0 Å². The minimum absolute atomic E-state index is 0.0134. The molecular weight excluding hydrogens is 345 g/mol. The first-order chi connectivity index (χ1) is 12.4. The molecule has 0 N–H and O–H groups in total. The third kappa shape index (κ3) is 3.42. The maximum Gasteiger partial charge on any atom is 0.257 e. The van der Waals surface area contributed by atoms with E-state index in [2.05, 4.69) is 0 Å². The largest absolute Gasteiger partial charge is 0.368 e. The molecule has 7 heteroatoms. The van der Waals surface area contributed by atoms with Crippen LogP contribution in [0.2, 0.25) is 0 Å². The minimum atomic E-state index is -1.64. The molecule has 1 saturated heterocycles. The highest BCUT2D eigenvalue weighted by atomic mass is 19.2. The molecule has 1 aliphatic heterocycles. The van der Waals surface area contributed by atoms with Crippen molar-refractivity contribution in [2.45, 2.75) is 6.92 Å². The lowest BCUT2D eigenvalue weighted by Gasteiger charge is -2.36. The van der Waals surface area contributed by atoms with E-state index in [0.29, 0.717) is 31.7 Å². The number of halogens is 3. The summed E-state index contributed by atoms with van der Waals surface area (Å²) in [6.45, 7) is 3.17. The average molecular weight is 362 g/mol. The van der Waals surface area contributed by atoms with Gasteiger partial charge in [-0.1, -0.05) is 0 Å². The summed E-state index contributed by atoms with van der Waals surface area (Å²) < 4.78 is 40.2. The Morgan fingerprint density at radius 3 is 2.04 bits per heavy atom. The molecule has 0 radical (unpaired) electrons. The van der Waals surface area contributed by atoms with E-state index in [0.717, 1.165) is 17.8 Å². The van der Waals surface area contributed by atoms with E-state index in [1.165, 1.54) is 11.8 Å². The second-order valence-corrected chi connectivity index (χ2v) is 6.11. The molecular formula is C19H17F3N2O2. The molecule has 136 valence electrons. The molecule has 0 atom stereocenters. The number of hydrogen-bond acceptors (Lipinski definition) is 3. The predicted octanol–water partition coefficient (Wildman–Crippen LogP) is 3.27. The summed E-state index contributed by atoms with van der Waals surface area (Å²) in [5.41, 5.74) is 1.07. The molecule has 1 aliphatic rings. The average Bonchev–Trinajstić information content (AvgIpc) is 2.66. The van der Waals surface area contributed by atoms with E-state index >= 15 is 0 Å². The molecule has 1 heterocycles. The molecule has 2 aromatic carbocycles. The fourth-order valence-electron chi connectivity index (χ4n) is 2.94. The van der Waals surface area contributed by atoms with E-state index in [1.807, 2.05) is 17.0 Å². The molecule has 0 bridgehead atoms. The molecule has 4 nitrogen and oxygen atoms in total. The number of rotatable bonds is 3. The summed E-state index contributed by atoms with van der Waals surface area (Å²) in [5, 5.41) is 0. The van der Waals surface area contributed by atoms with E-state index in [9.17, 15) is 22.8 Å². The molecule has 0 saturated carbocycles. The van der Waals surface area contributed by atoms with Crippen LogP contribution in [0, 0.1) is 17.5 Å². The van der Waals surface area contributed by atoms with Crippen LogP contribution >= 0.6 is 0 Å². The van der Waals surface area contributed by atoms with Gasteiger partial charge in [-0.05, 0) is 43.3 Å². The quantitative estimate of drug-likeness (QED) is 0.622. The zero-order chi connectivity index (χ0) is 18.8. The van der Waals surface area contributed by atoms with Crippen LogP contribution in [0.1, 0.15) is 27.6 Å². The first kappa shape index (κ1) is 18.0. The predicted molar refractivity (Wildman–Crippen MR) is 90.9 cm³/mol. The van der Waals surface area contributed by atoms with Gasteiger partial charge in [-0.15, -0.1) is 0 Å². The number of carbonyl (C=O) groups excluding carboxylic acids is 2. The van der Waals surface area contributed by atoms with Crippen molar-refractivity contribution in [3.8, 4) is 0 Å². The van der Waals surface area contributed by atoms with E-state index in [1.54, 1.807) is 12.1 Å². The van der Waals surface area contributed by atoms with Gasteiger partial charge >= 0.3 is 0 Å². The Kier molecular flexibility index (Phi) is 4.97. The highest BCUT2D eigenvalue weighted by Gasteiger charge is 2.26. The molecule has 0 unspecified atom stereocenters. The fraction of sp³-hybridized carbons (Fsp3) is 0.263. The molecule has 0 aliphatic carbocycles. The van der Waals surface area contributed by atoms with Gasteiger partial charge in [0.1, 0.15) is 0 Å². The van der Waals surface area contributed by atoms with Crippen molar-refractivity contribution in [2.24, 2.45) is 0 Å². The number of amides is 1. The number of ketones is 1. The fourth-order valence-corrected chi connectivity index (χ4v) is 2.94. The Labute approximate surface area is 148 Å². The second-order valence-electron chi connectivity index (χ2n) is 6.11. The molecule has 26 heavy (non-hydrogen) atoms. The van der Waals surface area contributed by atoms with Crippen LogP contribution in [0.3, 0.4) is 0 Å². The molecule has 1 fully saturated rings. The van der Waals surface area contributed by atoms with Crippen molar-refractivity contribution in [2.75, 3.05) is 31.1 Å². The number of benzene rings is 2. The lowest BCUT2D eigenvalue weighted by Crippen LogP contribution is -2.49. The van der Waals surface area contributed by atoms with Gasteiger partial charge in [-0.2, -0.15) is 0 Å². The Morgan fingerprint density at radius 2 is 1.46 bits per heavy atom. The summed E-state index contributed by atoms with van der Waals surface area (Å²) in [5.74, 6) is -5.09. The first-order valence-electron chi connectivity index (χ1n) is 8.17. The minimum Gasteiger partial charge on any atom is -0.368 e. The van der Waals surface area contributed by atoms with Crippen LogP contribution in [-0.2, 0) is 0 Å². The third-order valence-corrected chi connectivity index (χ3v) is 4.47. The van der Waals surface area contributed by atoms with Crippen molar-refractivity contribution in [1.29, 1.82) is 0 Å². The SMILES string of the molecule is CC(=O)c1ccc(N2CCN(C(=O)c3ccc(F)c(F)c3F)CC2)cc1. The summed E-state index contributed by atoms with van der Waals surface area (Å²) in [6.07, 6.45) is 0. The molecule has 2 aromatic rings. The molecule has 0 aromatic heterocycles. The van der Waals surface area contributed by atoms with Crippen molar-refractivity contribution >= 4 is 17.4 Å². The monoisotopic (exact) mass is 362 g/mol. The Morgan fingerprint density at radius 1 is 0.846 bits per heavy atom. The van der Waals surface area contributed by atoms with Gasteiger partial charge in [-0.3, -0.25) is 9.59 Å². The molecule has 0 spiro atoms. The Bertz CT molecular complexity index is 845. The standard InChI is InChI=1S/C19H17F3N2O2/c1-12(25)13-2-4-14(5-3-13)23-8-10-24(11-9-23)19(26)15-6-7-16(20)18(22)17(15)21/h2-7H,8-11H2,1H3. The first-order valence-corrected chi connectivity index (χ1v) is 8.17. The van der Waals surface area contributed by atoms with Gasteiger partial charge in [0.05, 0.1) is 5.56 Å². The topological polar surface area (TPSA) is 40.6 Å². The highest BCUT2D eigenvalue weighted by Crippen LogP contribution is 2.21. The van der Waals surface area contributed by atoms with E-state index < -0.39 is 28.9 Å². The number of anilines is 1. The summed E-state index contributed by atoms with van der Waals surface area (Å²) >= 11 is 0. The van der Waals surface area contributed by atoms with Gasteiger partial charge < -0.3 is 9.80 Å². The van der Waals surface area contributed by atoms with Gasteiger partial charge in [0.2, 0.25) is 0 Å². The number of hydrogen-bond donors (Lipinski definition) is 0. The zero-order valence-electron chi connectivity index (χ0n) is 14.1. The Balaban J connectivity index is 1.67. The van der Waals surface area contributed by atoms with Crippen LogP contribution in [0.5, 0.6) is 0 Å². The summed E-state index contributed by atoms with van der Waals surface area (Å²) in [7, 11) is 0. The van der Waals surface area contributed by atoms with Crippen LogP contribution < -0.4 is 4.90 Å².